The van der Waals surface area contributed by atoms with Crippen molar-refractivity contribution in [1.29, 1.82) is 0 Å². The molecule has 114 valence electrons. The van der Waals surface area contributed by atoms with Crippen LogP contribution in [0.1, 0.15) is 5.56 Å². The number of aryl methyl sites for hydroxylation is 1. The van der Waals surface area contributed by atoms with Crippen molar-refractivity contribution >= 4 is 22.9 Å². The van der Waals surface area contributed by atoms with E-state index in [1.807, 2.05) is 25.1 Å². The molecule has 0 atom stereocenters. The molecular formula is C14H13N9. The molecule has 0 saturated carbocycles. The highest BCUT2D eigenvalue weighted by molar-refractivity contribution is 5.85. The van der Waals surface area contributed by atoms with Crippen LogP contribution >= 0.6 is 0 Å². The van der Waals surface area contributed by atoms with Crippen LogP contribution < -0.4 is 11.5 Å². The fraction of sp³-hybridized carbons (Fsp3) is 0.0714. The molecular weight excluding hydrogens is 294 g/mol. The van der Waals surface area contributed by atoms with Crippen LogP contribution in [0.25, 0.3) is 28.2 Å². The van der Waals surface area contributed by atoms with Crippen LogP contribution in [0.4, 0.5) is 11.8 Å². The molecule has 0 saturated heterocycles. The summed E-state index contributed by atoms with van der Waals surface area (Å²) >= 11 is 0. The van der Waals surface area contributed by atoms with E-state index < -0.39 is 0 Å². The zero-order chi connectivity index (χ0) is 16.0. The lowest BCUT2D eigenvalue weighted by Crippen LogP contribution is -1.99. The number of aromatic amines is 1. The van der Waals surface area contributed by atoms with Crippen LogP contribution in [0.5, 0.6) is 0 Å². The first-order valence-electron chi connectivity index (χ1n) is 6.86. The third-order valence-electron chi connectivity index (χ3n) is 3.54. The zero-order valence-electron chi connectivity index (χ0n) is 12.2. The van der Waals surface area contributed by atoms with Gasteiger partial charge in [0, 0.05) is 5.56 Å². The van der Waals surface area contributed by atoms with Gasteiger partial charge in [0.15, 0.2) is 17.0 Å². The van der Waals surface area contributed by atoms with Crippen molar-refractivity contribution in [1.82, 2.24) is 34.7 Å². The highest BCUT2D eigenvalue weighted by Gasteiger charge is 2.13. The number of nitrogens with one attached hydrogen (secondary N) is 1. The predicted octanol–water partition coefficient (Wildman–Crippen LogP) is 1.07. The Labute approximate surface area is 130 Å². The smallest absolute Gasteiger partial charge is 0.224 e. The number of nitrogens with zero attached hydrogens (tertiary/aromatic N) is 6. The number of rotatable bonds is 2. The Hall–Kier alpha value is -3.49. The minimum absolute atomic E-state index is 0.114. The lowest BCUT2D eigenvalue weighted by molar-refractivity contribution is 0.877. The summed E-state index contributed by atoms with van der Waals surface area (Å²) in [4.78, 5) is 19.6. The van der Waals surface area contributed by atoms with Gasteiger partial charge in [0.1, 0.15) is 18.5 Å². The standard InChI is InChI=1S/C14H13N9/c1-7-4-8(23-6-17-5-18-23)2-3-9(7)12-19-10-11(15)20-14(16)22-13(10)21-12/h2-6H,1H3,(H5,15,16,19,20,21,22). The fourth-order valence-corrected chi connectivity index (χ4v) is 2.46. The monoisotopic (exact) mass is 307 g/mol. The van der Waals surface area contributed by atoms with E-state index in [4.69, 9.17) is 11.5 Å². The molecule has 0 radical (unpaired) electrons. The van der Waals surface area contributed by atoms with Gasteiger partial charge in [-0.3, -0.25) is 0 Å². The van der Waals surface area contributed by atoms with E-state index in [0.29, 0.717) is 17.0 Å². The third-order valence-corrected chi connectivity index (χ3v) is 3.54. The molecule has 4 aromatic rings. The molecule has 3 aromatic heterocycles. The van der Waals surface area contributed by atoms with Crippen LogP contribution in [-0.2, 0) is 0 Å². The number of H-pyrrole nitrogens is 1. The van der Waals surface area contributed by atoms with Crippen LogP contribution in [0.2, 0.25) is 0 Å². The van der Waals surface area contributed by atoms with Gasteiger partial charge in [0.25, 0.3) is 0 Å². The average Bonchev–Trinajstić information content (AvgIpc) is 3.15. The highest BCUT2D eigenvalue weighted by Crippen LogP contribution is 2.26. The summed E-state index contributed by atoms with van der Waals surface area (Å²) in [5.41, 5.74) is 15.4. The molecule has 0 unspecified atom stereocenters. The summed E-state index contributed by atoms with van der Waals surface area (Å²) in [5, 5.41) is 4.12. The number of hydrogen-bond acceptors (Lipinski definition) is 7. The van der Waals surface area contributed by atoms with E-state index >= 15 is 0 Å². The van der Waals surface area contributed by atoms with Crippen molar-refractivity contribution in [2.45, 2.75) is 6.92 Å². The lowest BCUT2D eigenvalue weighted by atomic mass is 10.1. The molecule has 0 aliphatic carbocycles. The topological polar surface area (TPSA) is 137 Å². The van der Waals surface area contributed by atoms with Gasteiger partial charge in [-0.15, -0.1) is 0 Å². The molecule has 0 amide bonds. The van der Waals surface area contributed by atoms with Gasteiger partial charge in [0.05, 0.1) is 5.69 Å². The van der Waals surface area contributed by atoms with Crippen molar-refractivity contribution in [3.63, 3.8) is 0 Å². The second kappa shape index (κ2) is 4.77. The van der Waals surface area contributed by atoms with Gasteiger partial charge in [-0.25, -0.2) is 14.6 Å². The molecule has 0 aliphatic heterocycles. The molecule has 4 rings (SSSR count). The second-order valence-corrected chi connectivity index (χ2v) is 5.09. The van der Waals surface area contributed by atoms with Crippen molar-refractivity contribution in [3.05, 3.63) is 36.4 Å². The number of benzene rings is 1. The van der Waals surface area contributed by atoms with Gasteiger partial charge in [-0.2, -0.15) is 15.1 Å². The van der Waals surface area contributed by atoms with E-state index in [9.17, 15) is 0 Å². The van der Waals surface area contributed by atoms with Gasteiger partial charge < -0.3 is 16.5 Å². The summed E-state index contributed by atoms with van der Waals surface area (Å²) in [7, 11) is 0. The molecule has 3 heterocycles. The minimum atomic E-state index is 0.114. The van der Waals surface area contributed by atoms with E-state index in [-0.39, 0.29) is 11.8 Å². The number of anilines is 2. The summed E-state index contributed by atoms with van der Waals surface area (Å²) in [6.45, 7) is 1.99. The Bertz CT molecular complexity index is 1000. The van der Waals surface area contributed by atoms with Gasteiger partial charge in [-0.05, 0) is 30.7 Å². The van der Waals surface area contributed by atoms with Crippen molar-refractivity contribution in [2.75, 3.05) is 11.5 Å². The Balaban J connectivity index is 1.83. The number of imidazole rings is 1. The quantitative estimate of drug-likeness (QED) is 0.503. The maximum absolute atomic E-state index is 5.84. The first kappa shape index (κ1) is 13.2. The third kappa shape index (κ3) is 2.14. The molecule has 9 heteroatoms. The number of nitrogens with two attached hydrogens (primary N) is 2. The first-order valence-corrected chi connectivity index (χ1v) is 6.86. The maximum Gasteiger partial charge on any atom is 0.224 e. The molecule has 0 spiro atoms. The van der Waals surface area contributed by atoms with Crippen LogP contribution in [0.3, 0.4) is 0 Å². The maximum atomic E-state index is 5.84. The highest BCUT2D eigenvalue weighted by atomic mass is 15.3. The number of fused-ring (bicyclic) bond motifs is 1. The van der Waals surface area contributed by atoms with Crippen LogP contribution in [0, 0.1) is 6.92 Å². The number of hydrogen-bond donors (Lipinski definition) is 3. The molecule has 23 heavy (non-hydrogen) atoms. The minimum Gasteiger partial charge on any atom is -0.382 e. The van der Waals surface area contributed by atoms with Crippen molar-refractivity contribution < 1.29 is 0 Å². The molecule has 5 N–H and O–H groups in total. The summed E-state index contributed by atoms with van der Waals surface area (Å²) < 4.78 is 1.69. The SMILES string of the molecule is Cc1cc(-n2cncn2)ccc1-c1nc2c(N)nc(N)nc2[nH]1. The summed E-state index contributed by atoms with van der Waals surface area (Å²) in [6.07, 6.45) is 3.14. The number of aromatic nitrogens is 7. The summed E-state index contributed by atoms with van der Waals surface area (Å²) in [6, 6.07) is 5.89. The Morgan fingerprint density at radius 3 is 2.74 bits per heavy atom. The molecule has 1 aromatic carbocycles. The molecule has 9 nitrogen and oxygen atoms in total. The van der Waals surface area contributed by atoms with E-state index in [2.05, 4.69) is 30.0 Å². The molecule has 0 fully saturated rings. The largest absolute Gasteiger partial charge is 0.382 e. The number of nitrogen functional groups attached to an aromatic ring is 2. The van der Waals surface area contributed by atoms with Gasteiger partial charge >= 0.3 is 0 Å². The second-order valence-electron chi connectivity index (χ2n) is 5.09. The molecule has 0 aliphatic rings. The summed E-state index contributed by atoms with van der Waals surface area (Å²) in [5.74, 6) is 1.03. The van der Waals surface area contributed by atoms with Crippen LogP contribution in [-0.4, -0.2) is 34.7 Å². The van der Waals surface area contributed by atoms with E-state index in [0.717, 1.165) is 16.8 Å². The normalized spacial score (nSPS) is 11.2. The lowest BCUT2D eigenvalue weighted by Gasteiger charge is -2.06. The van der Waals surface area contributed by atoms with E-state index in [1.54, 1.807) is 11.0 Å². The molecule has 0 bridgehead atoms. The average molecular weight is 307 g/mol. The van der Waals surface area contributed by atoms with Crippen molar-refractivity contribution in [2.24, 2.45) is 0 Å². The van der Waals surface area contributed by atoms with Gasteiger partial charge in [0.2, 0.25) is 5.95 Å². The fourth-order valence-electron chi connectivity index (χ4n) is 2.46. The predicted molar refractivity (Wildman–Crippen MR) is 85.6 cm³/mol. The van der Waals surface area contributed by atoms with E-state index in [1.165, 1.54) is 6.33 Å². The van der Waals surface area contributed by atoms with Crippen molar-refractivity contribution in [3.8, 4) is 17.1 Å². The van der Waals surface area contributed by atoms with Gasteiger partial charge in [-0.1, -0.05) is 0 Å². The Kier molecular flexibility index (Phi) is 2.73. The zero-order valence-corrected chi connectivity index (χ0v) is 12.2. The Morgan fingerprint density at radius 2 is 2.00 bits per heavy atom. The van der Waals surface area contributed by atoms with Crippen LogP contribution in [0.15, 0.2) is 30.9 Å². The first-order chi connectivity index (χ1) is 11.1. The Morgan fingerprint density at radius 1 is 1.13 bits per heavy atom.